The van der Waals surface area contributed by atoms with Crippen molar-refractivity contribution in [3.05, 3.63) is 58.6 Å². The first kappa shape index (κ1) is 14.6. The minimum Gasteiger partial charge on any atom is -0.407 e. The van der Waals surface area contributed by atoms with Crippen LogP contribution in [0.25, 0.3) is 11.1 Å². The number of amides is 1. The molecule has 0 aliphatic heterocycles. The number of aryl methyl sites for hydroxylation is 1. The number of carbonyl (C=O) groups excluding carboxylic acids is 1. The smallest absolute Gasteiger partial charge is 0.407 e. The molecule has 24 heavy (non-hydrogen) atoms. The highest BCUT2D eigenvalue weighted by Gasteiger charge is 2.35. The summed E-state index contributed by atoms with van der Waals surface area (Å²) in [5.41, 5.74) is 1.23. The lowest BCUT2D eigenvalue weighted by Gasteiger charge is -2.16. The van der Waals surface area contributed by atoms with Crippen LogP contribution in [0.3, 0.4) is 0 Å². The maximum atomic E-state index is 12.8. The number of benzene rings is 1. The zero-order valence-corrected chi connectivity index (χ0v) is 13.1. The first-order valence-electron chi connectivity index (χ1n) is 7.81. The van der Waals surface area contributed by atoms with Gasteiger partial charge in [0.15, 0.2) is 11.4 Å². The fraction of sp³-hybridized carbons (Fsp3) is 0.294. The molecule has 4 rings (SSSR count). The molecular formula is C17H16N4O3. The van der Waals surface area contributed by atoms with E-state index in [-0.39, 0.29) is 11.9 Å². The van der Waals surface area contributed by atoms with Crippen molar-refractivity contribution in [2.24, 2.45) is 13.0 Å². The Kier molecular flexibility index (Phi) is 3.41. The van der Waals surface area contributed by atoms with Crippen LogP contribution in [0.5, 0.6) is 0 Å². The molecule has 1 atom stereocenters. The van der Waals surface area contributed by atoms with Crippen LogP contribution >= 0.6 is 0 Å². The molecule has 122 valence electrons. The molecule has 2 aromatic heterocycles. The quantitative estimate of drug-likeness (QED) is 0.790. The monoisotopic (exact) mass is 324 g/mol. The van der Waals surface area contributed by atoms with Gasteiger partial charge in [-0.3, -0.25) is 9.36 Å². The molecule has 1 aliphatic rings. The van der Waals surface area contributed by atoms with Crippen molar-refractivity contribution in [3.63, 3.8) is 0 Å². The Morgan fingerprint density at radius 1 is 1.29 bits per heavy atom. The molecule has 1 unspecified atom stereocenters. The highest BCUT2D eigenvalue weighted by atomic mass is 16.4. The van der Waals surface area contributed by atoms with Crippen LogP contribution in [0.4, 0.5) is 0 Å². The van der Waals surface area contributed by atoms with E-state index < -0.39 is 5.76 Å². The van der Waals surface area contributed by atoms with Crippen LogP contribution in [-0.4, -0.2) is 20.4 Å². The lowest BCUT2D eigenvalue weighted by atomic mass is 10.1. The molecule has 1 saturated carbocycles. The van der Waals surface area contributed by atoms with Crippen molar-refractivity contribution in [2.75, 3.05) is 0 Å². The van der Waals surface area contributed by atoms with Gasteiger partial charge in [0.2, 0.25) is 0 Å². The molecule has 1 aliphatic carbocycles. The predicted molar refractivity (Wildman–Crippen MR) is 86.4 cm³/mol. The van der Waals surface area contributed by atoms with E-state index in [2.05, 4.69) is 15.3 Å². The molecule has 1 N–H and O–H groups in total. The summed E-state index contributed by atoms with van der Waals surface area (Å²) >= 11 is 0. The highest BCUT2D eigenvalue weighted by Crippen LogP contribution is 2.40. The van der Waals surface area contributed by atoms with Crippen molar-refractivity contribution >= 4 is 17.0 Å². The lowest BCUT2D eigenvalue weighted by Crippen LogP contribution is -2.31. The van der Waals surface area contributed by atoms with Crippen molar-refractivity contribution < 1.29 is 9.21 Å². The van der Waals surface area contributed by atoms with Crippen LogP contribution in [-0.2, 0) is 7.05 Å². The number of nitrogens with one attached hydrogen (secondary N) is 1. The van der Waals surface area contributed by atoms with Gasteiger partial charge in [-0.25, -0.2) is 14.8 Å². The van der Waals surface area contributed by atoms with Gasteiger partial charge in [-0.15, -0.1) is 0 Å². The molecule has 0 spiro atoms. The molecule has 0 bridgehead atoms. The van der Waals surface area contributed by atoms with Crippen molar-refractivity contribution in [2.45, 2.75) is 18.9 Å². The zero-order valence-electron chi connectivity index (χ0n) is 13.1. The highest BCUT2D eigenvalue weighted by molar-refractivity contribution is 6.04. The van der Waals surface area contributed by atoms with Gasteiger partial charge in [0, 0.05) is 19.4 Å². The number of oxazole rings is 1. The Labute approximate surface area is 137 Å². The third-order valence-electron chi connectivity index (χ3n) is 4.31. The van der Waals surface area contributed by atoms with E-state index in [1.165, 1.54) is 4.57 Å². The fourth-order valence-corrected chi connectivity index (χ4v) is 2.84. The van der Waals surface area contributed by atoms with Gasteiger partial charge < -0.3 is 9.73 Å². The number of hydrogen-bond acceptors (Lipinski definition) is 5. The third kappa shape index (κ3) is 2.47. The van der Waals surface area contributed by atoms with Gasteiger partial charge in [-0.1, -0.05) is 6.07 Å². The first-order chi connectivity index (χ1) is 11.6. The summed E-state index contributed by atoms with van der Waals surface area (Å²) in [6.45, 7) is 0. The van der Waals surface area contributed by atoms with Crippen molar-refractivity contribution in [3.8, 4) is 0 Å². The largest absolute Gasteiger partial charge is 0.419 e. The minimum absolute atomic E-state index is 0.232. The third-order valence-corrected chi connectivity index (χ3v) is 4.31. The van der Waals surface area contributed by atoms with Crippen LogP contribution in [0.15, 0.2) is 45.9 Å². The molecule has 1 fully saturated rings. The Morgan fingerprint density at radius 2 is 2.04 bits per heavy atom. The molecular weight excluding hydrogens is 308 g/mol. The molecule has 1 amide bonds. The van der Waals surface area contributed by atoms with Gasteiger partial charge >= 0.3 is 5.76 Å². The van der Waals surface area contributed by atoms with E-state index in [1.807, 2.05) is 0 Å². The topological polar surface area (TPSA) is 90.0 Å². The van der Waals surface area contributed by atoms with Gasteiger partial charge in [0.05, 0.1) is 17.1 Å². The van der Waals surface area contributed by atoms with Crippen LogP contribution in [0, 0.1) is 5.92 Å². The number of rotatable bonds is 4. The first-order valence-corrected chi connectivity index (χ1v) is 7.81. The molecule has 7 heteroatoms. The Hall–Kier alpha value is -2.96. The Morgan fingerprint density at radius 3 is 2.75 bits per heavy atom. The zero-order chi connectivity index (χ0) is 16.7. The summed E-state index contributed by atoms with van der Waals surface area (Å²) in [6, 6.07) is 6.64. The maximum absolute atomic E-state index is 12.8. The average Bonchev–Trinajstić information content (AvgIpc) is 3.40. The number of nitrogens with zero attached hydrogens (tertiary/aromatic N) is 3. The second-order valence-electron chi connectivity index (χ2n) is 5.98. The van der Waals surface area contributed by atoms with E-state index in [1.54, 1.807) is 43.7 Å². The molecule has 0 radical (unpaired) electrons. The molecule has 2 heterocycles. The normalized spacial score (nSPS) is 15.4. The molecule has 0 saturated heterocycles. The van der Waals surface area contributed by atoms with E-state index >= 15 is 0 Å². The summed E-state index contributed by atoms with van der Waals surface area (Å²) in [6.07, 6.45) is 5.41. The minimum atomic E-state index is -0.490. The number of hydrogen-bond donors (Lipinski definition) is 1. The SMILES string of the molecule is Cn1c(=O)oc2c(C(=O)NC(c3ncccn3)C3CC3)cccc21. The second kappa shape index (κ2) is 5.59. The summed E-state index contributed by atoms with van der Waals surface area (Å²) in [4.78, 5) is 33.0. The van der Waals surface area contributed by atoms with Gasteiger partial charge in [0.25, 0.3) is 5.91 Å². The maximum Gasteiger partial charge on any atom is 0.419 e. The molecule has 3 aromatic rings. The number of carbonyl (C=O) groups is 1. The van der Waals surface area contributed by atoms with E-state index in [0.29, 0.717) is 28.4 Å². The van der Waals surface area contributed by atoms with Gasteiger partial charge in [0.1, 0.15) is 0 Å². The molecule has 1 aromatic carbocycles. The van der Waals surface area contributed by atoms with Crippen molar-refractivity contribution in [1.82, 2.24) is 19.9 Å². The molecule has 7 nitrogen and oxygen atoms in total. The second-order valence-corrected chi connectivity index (χ2v) is 5.98. The number of aromatic nitrogens is 3. The fourth-order valence-electron chi connectivity index (χ4n) is 2.84. The summed E-state index contributed by atoms with van der Waals surface area (Å²) in [7, 11) is 1.61. The van der Waals surface area contributed by atoms with E-state index in [0.717, 1.165) is 12.8 Å². The summed E-state index contributed by atoms with van der Waals surface area (Å²) in [5, 5.41) is 3.00. The van der Waals surface area contributed by atoms with Crippen LogP contribution in [0.1, 0.15) is 35.1 Å². The lowest BCUT2D eigenvalue weighted by molar-refractivity contribution is 0.0930. The summed E-state index contributed by atoms with van der Waals surface area (Å²) < 4.78 is 6.61. The standard InChI is InChI=1S/C17H16N4O3/c1-21-12-5-2-4-11(14(12)24-17(21)23)16(22)20-13(10-6-7-10)15-18-8-3-9-19-15/h2-5,8-10,13H,6-7H2,1H3,(H,20,22). The Balaban J connectivity index is 1.69. The van der Waals surface area contributed by atoms with E-state index in [9.17, 15) is 9.59 Å². The van der Waals surface area contributed by atoms with Gasteiger partial charge in [-0.2, -0.15) is 0 Å². The average molecular weight is 324 g/mol. The van der Waals surface area contributed by atoms with Crippen molar-refractivity contribution in [1.29, 1.82) is 0 Å². The Bertz CT molecular complexity index is 957. The predicted octanol–water partition coefficient (Wildman–Crippen LogP) is 1.80. The number of fused-ring (bicyclic) bond motifs is 1. The summed E-state index contributed by atoms with van der Waals surface area (Å²) in [5.74, 6) is 0.170. The van der Waals surface area contributed by atoms with Gasteiger partial charge in [-0.05, 0) is 37.0 Å². The number of para-hydroxylation sites is 1. The van der Waals surface area contributed by atoms with Crippen LogP contribution < -0.4 is 11.1 Å². The van der Waals surface area contributed by atoms with Crippen LogP contribution in [0.2, 0.25) is 0 Å². The van der Waals surface area contributed by atoms with E-state index in [4.69, 9.17) is 4.42 Å².